The van der Waals surface area contributed by atoms with Gasteiger partial charge in [0.05, 0.1) is 11.9 Å². The van der Waals surface area contributed by atoms with E-state index in [1.807, 2.05) is 81.4 Å². The summed E-state index contributed by atoms with van der Waals surface area (Å²) in [5.74, 6) is -0.723. The van der Waals surface area contributed by atoms with Crippen LogP contribution < -0.4 is 9.62 Å². The number of nitrogens with zero attached hydrogens (tertiary/aromatic N) is 2. The van der Waals surface area contributed by atoms with E-state index in [0.717, 1.165) is 50.1 Å². The molecule has 7 nitrogen and oxygen atoms in total. The van der Waals surface area contributed by atoms with Crippen molar-refractivity contribution in [3.63, 3.8) is 0 Å². The van der Waals surface area contributed by atoms with Crippen LogP contribution in [0.4, 0.5) is 5.69 Å². The number of rotatable bonds is 13. The lowest BCUT2D eigenvalue weighted by molar-refractivity contribution is -0.140. The van der Waals surface area contributed by atoms with Gasteiger partial charge in [0.25, 0.3) is 0 Å². The summed E-state index contributed by atoms with van der Waals surface area (Å²) in [6.07, 6.45) is 3.13. The number of hydrogen-bond acceptors (Lipinski definition) is 4. The van der Waals surface area contributed by atoms with Gasteiger partial charge in [0.1, 0.15) is 12.6 Å². The average molecular weight is 629 g/mol. The largest absolute Gasteiger partial charge is 0.354 e. The van der Waals surface area contributed by atoms with E-state index in [2.05, 4.69) is 21.2 Å². The lowest BCUT2D eigenvalue weighted by Gasteiger charge is -2.33. The van der Waals surface area contributed by atoms with Gasteiger partial charge in [0, 0.05) is 24.0 Å². The molecule has 1 atom stereocenters. The summed E-state index contributed by atoms with van der Waals surface area (Å²) in [5.41, 5.74) is 3.93. The Balaban J connectivity index is 2.04. The summed E-state index contributed by atoms with van der Waals surface area (Å²) in [6, 6.07) is 21.7. The van der Waals surface area contributed by atoms with Crippen molar-refractivity contribution >= 4 is 43.5 Å². The predicted molar refractivity (Wildman–Crippen MR) is 165 cm³/mol. The third kappa shape index (κ3) is 9.20. The van der Waals surface area contributed by atoms with Gasteiger partial charge in [-0.15, -0.1) is 0 Å². The zero-order chi connectivity index (χ0) is 29.3. The molecule has 0 saturated carbocycles. The van der Waals surface area contributed by atoms with Crippen LogP contribution in [-0.4, -0.2) is 50.5 Å². The quantitative estimate of drug-likeness (QED) is 0.258. The molecule has 0 heterocycles. The van der Waals surface area contributed by atoms with Crippen LogP contribution in [-0.2, 0) is 32.6 Å². The van der Waals surface area contributed by atoms with Gasteiger partial charge in [-0.2, -0.15) is 0 Å². The zero-order valence-electron chi connectivity index (χ0n) is 23.6. The fourth-order valence-corrected chi connectivity index (χ4v) is 5.65. The van der Waals surface area contributed by atoms with Crippen LogP contribution in [0.25, 0.3) is 0 Å². The maximum Gasteiger partial charge on any atom is 0.244 e. The van der Waals surface area contributed by atoms with Crippen molar-refractivity contribution < 1.29 is 18.0 Å². The lowest BCUT2D eigenvalue weighted by atomic mass is 10.0. The molecule has 0 spiro atoms. The Bertz CT molecular complexity index is 1380. The average Bonchev–Trinajstić information content (AvgIpc) is 2.89. The van der Waals surface area contributed by atoms with Gasteiger partial charge in [-0.25, -0.2) is 8.42 Å². The van der Waals surface area contributed by atoms with Crippen molar-refractivity contribution in [2.45, 2.75) is 52.6 Å². The minimum atomic E-state index is -3.80. The second-order valence-corrected chi connectivity index (χ2v) is 12.9. The van der Waals surface area contributed by atoms with E-state index in [4.69, 9.17) is 0 Å². The zero-order valence-corrected chi connectivity index (χ0v) is 26.0. The van der Waals surface area contributed by atoms with Gasteiger partial charge in [0.2, 0.25) is 21.8 Å². The van der Waals surface area contributed by atoms with Crippen molar-refractivity contribution in [3.8, 4) is 0 Å². The molecule has 3 aromatic carbocycles. The number of amides is 2. The van der Waals surface area contributed by atoms with Gasteiger partial charge in [0.15, 0.2) is 0 Å². The summed E-state index contributed by atoms with van der Waals surface area (Å²) in [7, 11) is -3.80. The van der Waals surface area contributed by atoms with E-state index in [1.54, 1.807) is 12.1 Å². The third-order valence-corrected chi connectivity index (χ3v) is 8.21. The Morgan fingerprint density at radius 1 is 0.925 bits per heavy atom. The lowest BCUT2D eigenvalue weighted by Crippen LogP contribution is -2.53. The van der Waals surface area contributed by atoms with E-state index < -0.39 is 28.5 Å². The molecular weight excluding hydrogens is 590 g/mol. The van der Waals surface area contributed by atoms with Crippen molar-refractivity contribution in [1.82, 2.24) is 10.2 Å². The van der Waals surface area contributed by atoms with Crippen molar-refractivity contribution in [1.29, 1.82) is 0 Å². The number of carbonyl (C=O) groups excluding carboxylic acids is 2. The van der Waals surface area contributed by atoms with Crippen LogP contribution in [0, 0.1) is 13.8 Å². The van der Waals surface area contributed by atoms with E-state index in [-0.39, 0.29) is 12.5 Å². The van der Waals surface area contributed by atoms with Crippen LogP contribution in [0.15, 0.2) is 77.3 Å². The number of benzene rings is 3. The molecule has 2 amide bonds. The van der Waals surface area contributed by atoms with E-state index in [9.17, 15) is 18.0 Å². The van der Waals surface area contributed by atoms with Crippen molar-refractivity contribution in [3.05, 3.63) is 99.5 Å². The monoisotopic (exact) mass is 627 g/mol. The van der Waals surface area contributed by atoms with Gasteiger partial charge in [-0.05, 0) is 66.8 Å². The van der Waals surface area contributed by atoms with Gasteiger partial charge in [-0.1, -0.05) is 77.8 Å². The second kappa shape index (κ2) is 14.5. The predicted octanol–water partition coefficient (Wildman–Crippen LogP) is 5.39. The normalized spacial score (nSPS) is 12.0. The summed E-state index contributed by atoms with van der Waals surface area (Å²) in [5, 5.41) is 2.99. The molecule has 0 fully saturated rings. The molecule has 0 aromatic heterocycles. The van der Waals surface area contributed by atoms with Crippen molar-refractivity contribution in [2.75, 3.05) is 23.7 Å². The first-order valence-electron chi connectivity index (χ1n) is 13.4. The molecule has 0 bridgehead atoms. The molecule has 0 aliphatic rings. The van der Waals surface area contributed by atoms with E-state index in [1.165, 1.54) is 4.90 Å². The summed E-state index contributed by atoms with van der Waals surface area (Å²) in [4.78, 5) is 29.2. The molecule has 0 aliphatic carbocycles. The highest BCUT2D eigenvalue weighted by Gasteiger charge is 2.33. The Morgan fingerprint density at radius 3 is 2.12 bits per heavy atom. The topological polar surface area (TPSA) is 86.8 Å². The maximum absolute atomic E-state index is 14.1. The molecule has 40 heavy (non-hydrogen) atoms. The Kier molecular flexibility index (Phi) is 11.3. The molecule has 0 saturated heterocycles. The SMILES string of the molecule is CCCCNC(=O)C(Cc1ccccc1)N(Cc1ccc(Br)cc1)C(=O)CN(c1cc(C)cc(C)c1)S(C)(=O)=O. The highest BCUT2D eigenvalue weighted by molar-refractivity contribution is 9.10. The number of hydrogen-bond donors (Lipinski definition) is 1. The summed E-state index contributed by atoms with van der Waals surface area (Å²) in [6.45, 7) is 6.04. The minimum absolute atomic E-state index is 0.148. The highest BCUT2D eigenvalue weighted by atomic mass is 79.9. The molecule has 214 valence electrons. The first kappa shape index (κ1) is 31.4. The van der Waals surface area contributed by atoms with Gasteiger partial charge < -0.3 is 10.2 Å². The van der Waals surface area contributed by atoms with E-state index >= 15 is 0 Å². The van der Waals surface area contributed by atoms with Crippen LogP contribution >= 0.6 is 15.9 Å². The Hall–Kier alpha value is -3.17. The number of sulfonamides is 1. The van der Waals surface area contributed by atoms with E-state index in [0.29, 0.717) is 18.7 Å². The molecule has 0 radical (unpaired) electrons. The molecule has 9 heteroatoms. The third-order valence-electron chi connectivity index (χ3n) is 6.54. The van der Waals surface area contributed by atoms with Crippen LogP contribution in [0.3, 0.4) is 0 Å². The molecular formula is C31H38BrN3O4S. The number of carbonyl (C=O) groups is 2. The number of halogens is 1. The highest BCUT2D eigenvalue weighted by Crippen LogP contribution is 2.23. The molecule has 3 rings (SSSR count). The van der Waals surface area contributed by atoms with Gasteiger partial charge in [-0.3, -0.25) is 13.9 Å². The molecule has 1 unspecified atom stereocenters. The number of anilines is 1. The summed E-state index contributed by atoms with van der Waals surface area (Å²) >= 11 is 3.45. The van der Waals surface area contributed by atoms with Crippen LogP contribution in [0.5, 0.6) is 0 Å². The smallest absolute Gasteiger partial charge is 0.244 e. The molecule has 3 aromatic rings. The van der Waals surface area contributed by atoms with Crippen molar-refractivity contribution in [2.24, 2.45) is 0 Å². The maximum atomic E-state index is 14.1. The molecule has 0 aliphatic heterocycles. The Morgan fingerprint density at radius 2 is 1.55 bits per heavy atom. The minimum Gasteiger partial charge on any atom is -0.354 e. The number of nitrogens with one attached hydrogen (secondary N) is 1. The summed E-state index contributed by atoms with van der Waals surface area (Å²) < 4.78 is 27.9. The standard InChI is InChI=1S/C31H38BrN3O4S/c1-5-6-16-33-31(37)29(20-25-10-8-7-9-11-25)34(21-26-12-14-27(32)15-13-26)30(36)22-35(40(4,38)39)28-18-23(2)17-24(3)19-28/h7-15,17-19,29H,5-6,16,20-22H2,1-4H3,(H,33,37). The van der Waals surface area contributed by atoms with Gasteiger partial charge >= 0.3 is 0 Å². The first-order valence-corrected chi connectivity index (χ1v) is 16.0. The molecule has 1 N–H and O–H groups in total. The van der Waals surface area contributed by atoms with Crippen LogP contribution in [0.1, 0.15) is 42.0 Å². The first-order chi connectivity index (χ1) is 19.0. The Labute approximate surface area is 246 Å². The fourth-order valence-electron chi connectivity index (χ4n) is 4.55. The number of unbranched alkanes of at least 4 members (excludes halogenated alkanes) is 1. The second-order valence-electron chi connectivity index (χ2n) is 10.1. The fraction of sp³-hybridized carbons (Fsp3) is 0.355. The number of aryl methyl sites for hydroxylation is 2. The van der Waals surface area contributed by atoms with Crippen LogP contribution in [0.2, 0.25) is 0 Å².